The summed E-state index contributed by atoms with van der Waals surface area (Å²) in [7, 11) is 4.07. The molecule has 0 unspecified atom stereocenters. The third kappa shape index (κ3) is 4.87. The minimum atomic E-state index is 0.0400. The van der Waals surface area contributed by atoms with Crippen molar-refractivity contribution in [3.63, 3.8) is 0 Å². The van der Waals surface area contributed by atoms with E-state index >= 15 is 0 Å². The second-order valence-corrected chi connectivity index (χ2v) is 8.27. The Bertz CT molecular complexity index is 1020. The van der Waals surface area contributed by atoms with Gasteiger partial charge in [-0.25, -0.2) is 9.61 Å². The van der Waals surface area contributed by atoms with Gasteiger partial charge in [-0.3, -0.25) is 4.79 Å². The monoisotopic (exact) mass is 408 g/mol. The summed E-state index contributed by atoms with van der Waals surface area (Å²) in [6.07, 6.45) is 4.27. The molecule has 30 heavy (non-hydrogen) atoms. The summed E-state index contributed by atoms with van der Waals surface area (Å²) in [5.41, 5.74) is 4.43. The third-order valence-electron chi connectivity index (χ3n) is 5.58. The maximum absolute atomic E-state index is 12.5. The molecule has 0 aliphatic heterocycles. The van der Waals surface area contributed by atoms with Crippen molar-refractivity contribution in [2.75, 3.05) is 24.3 Å². The van der Waals surface area contributed by atoms with Gasteiger partial charge in [-0.15, -0.1) is 0 Å². The molecule has 0 radical (unpaired) electrons. The number of nitrogens with one attached hydrogen (secondary N) is 2. The number of nitrogens with zero attached hydrogens (tertiary/aromatic N) is 4. The van der Waals surface area contributed by atoms with E-state index in [2.05, 4.69) is 43.0 Å². The van der Waals surface area contributed by atoms with E-state index in [0.29, 0.717) is 23.5 Å². The molecule has 8 nitrogen and oxygen atoms in total. The van der Waals surface area contributed by atoms with Crippen molar-refractivity contribution in [3.05, 3.63) is 41.6 Å². The number of hydrogen-bond acceptors (Lipinski definition) is 7. The second-order valence-electron chi connectivity index (χ2n) is 8.27. The van der Waals surface area contributed by atoms with Gasteiger partial charge in [0, 0.05) is 43.6 Å². The highest BCUT2D eigenvalue weighted by Gasteiger charge is 2.23. The first-order valence-corrected chi connectivity index (χ1v) is 10.4. The van der Waals surface area contributed by atoms with Crippen molar-refractivity contribution >= 4 is 28.4 Å². The quantitative estimate of drug-likeness (QED) is 0.647. The van der Waals surface area contributed by atoms with Gasteiger partial charge in [-0.05, 0) is 66.7 Å². The van der Waals surface area contributed by atoms with E-state index < -0.39 is 0 Å². The highest BCUT2D eigenvalue weighted by molar-refractivity contribution is 5.81. The Morgan fingerprint density at radius 1 is 1.07 bits per heavy atom. The molecule has 1 amide bonds. The number of fused-ring (bicyclic) bond motifs is 1. The predicted octanol–water partition coefficient (Wildman–Crippen LogP) is 3.07. The molecule has 1 aliphatic rings. The van der Waals surface area contributed by atoms with Gasteiger partial charge in [-0.2, -0.15) is 0 Å². The minimum Gasteiger partial charge on any atom is -0.377 e. The topological polar surface area (TPSA) is 96.2 Å². The third-order valence-corrected chi connectivity index (χ3v) is 5.58. The lowest BCUT2D eigenvalue weighted by Crippen LogP contribution is -2.40. The molecule has 2 heterocycles. The average molecular weight is 409 g/mol. The molecule has 1 saturated carbocycles. The fourth-order valence-electron chi connectivity index (χ4n) is 3.98. The van der Waals surface area contributed by atoms with Crippen molar-refractivity contribution in [1.82, 2.24) is 20.6 Å². The molecule has 1 fully saturated rings. The number of carbonyl (C=O) groups excluding carboxylic acids is 1. The second kappa shape index (κ2) is 8.69. The van der Waals surface area contributed by atoms with Gasteiger partial charge < -0.3 is 15.5 Å². The van der Waals surface area contributed by atoms with Gasteiger partial charge in [-0.1, -0.05) is 6.07 Å². The Morgan fingerprint density at radius 3 is 2.57 bits per heavy atom. The number of amides is 1. The number of aromatic nitrogens is 3. The normalized spacial score (nSPS) is 18.9. The van der Waals surface area contributed by atoms with Crippen LogP contribution in [0.5, 0.6) is 0 Å². The molecule has 0 saturated heterocycles. The highest BCUT2D eigenvalue weighted by atomic mass is 16.6. The lowest BCUT2D eigenvalue weighted by Gasteiger charge is -2.30. The number of rotatable bonds is 6. The van der Waals surface area contributed by atoms with Gasteiger partial charge in [0.05, 0.1) is 6.42 Å². The van der Waals surface area contributed by atoms with E-state index in [0.717, 1.165) is 48.4 Å². The summed E-state index contributed by atoms with van der Waals surface area (Å²) in [6, 6.07) is 10.3. The van der Waals surface area contributed by atoms with Crippen molar-refractivity contribution in [3.8, 4) is 0 Å². The Morgan fingerprint density at radius 2 is 1.80 bits per heavy atom. The Labute approximate surface area is 176 Å². The van der Waals surface area contributed by atoms with Crippen LogP contribution in [0.25, 0.3) is 11.0 Å². The maximum atomic E-state index is 12.5. The lowest BCUT2D eigenvalue weighted by molar-refractivity contribution is -0.121. The molecule has 1 aliphatic carbocycles. The maximum Gasteiger partial charge on any atom is 0.224 e. The summed E-state index contributed by atoms with van der Waals surface area (Å²) in [4.78, 5) is 19.2. The fraction of sp³-hybridized carbons (Fsp3) is 0.455. The van der Waals surface area contributed by atoms with Crippen LogP contribution in [0.1, 0.15) is 36.9 Å². The van der Waals surface area contributed by atoms with Crippen LogP contribution in [-0.4, -0.2) is 47.4 Å². The molecule has 0 spiro atoms. The van der Waals surface area contributed by atoms with Crippen LogP contribution in [0.15, 0.2) is 35.0 Å². The summed E-state index contributed by atoms with van der Waals surface area (Å²) in [5.74, 6) is 0.960. The van der Waals surface area contributed by atoms with Crippen LogP contribution in [0, 0.1) is 6.92 Å². The molecular weight excluding hydrogens is 380 g/mol. The number of aryl methyl sites for hydroxylation is 1. The van der Waals surface area contributed by atoms with Crippen LogP contribution < -0.4 is 15.5 Å². The number of benzene rings is 1. The highest BCUT2D eigenvalue weighted by Crippen LogP contribution is 2.24. The molecule has 8 heteroatoms. The first-order chi connectivity index (χ1) is 14.5. The van der Waals surface area contributed by atoms with E-state index in [1.807, 2.05) is 39.2 Å². The van der Waals surface area contributed by atoms with E-state index in [-0.39, 0.29) is 11.9 Å². The van der Waals surface area contributed by atoms with Crippen LogP contribution in [0.3, 0.4) is 0 Å². The number of anilines is 2. The van der Waals surface area contributed by atoms with Crippen molar-refractivity contribution in [2.45, 2.75) is 51.1 Å². The van der Waals surface area contributed by atoms with Crippen molar-refractivity contribution in [1.29, 1.82) is 0 Å². The Kier molecular flexibility index (Phi) is 5.83. The van der Waals surface area contributed by atoms with Crippen LogP contribution >= 0.6 is 0 Å². The Balaban J connectivity index is 1.26. The average Bonchev–Trinajstić information content (AvgIpc) is 3.17. The molecule has 0 atom stereocenters. The van der Waals surface area contributed by atoms with Crippen LogP contribution in [-0.2, 0) is 11.2 Å². The van der Waals surface area contributed by atoms with E-state index in [1.54, 1.807) is 0 Å². The van der Waals surface area contributed by atoms with Gasteiger partial charge in [0.2, 0.25) is 5.91 Å². The Hall–Kier alpha value is -3.16. The van der Waals surface area contributed by atoms with Gasteiger partial charge in [0.15, 0.2) is 0 Å². The van der Waals surface area contributed by atoms with Crippen molar-refractivity contribution in [2.24, 2.45) is 0 Å². The van der Waals surface area contributed by atoms with Gasteiger partial charge >= 0.3 is 0 Å². The SMILES string of the molecule is Cc1cc(N(C)C)cc(NC2CCC(NC(=O)Cc3ccc4nonc4c3)CC2)n1. The standard InChI is InChI=1S/C22H28N6O2/c1-14-10-18(28(2)3)13-21(23-14)24-16-5-7-17(8-6-16)25-22(29)12-15-4-9-19-20(11-15)27-30-26-19/h4,9-11,13,16-17H,5-8,12H2,1-3H3,(H,23,24)(H,25,29). The van der Waals surface area contributed by atoms with Crippen LogP contribution in [0.2, 0.25) is 0 Å². The van der Waals surface area contributed by atoms with Gasteiger partial charge in [0.1, 0.15) is 16.9 Å². The summed E-state index contributed by atoms with van der Waals surface area (Å²) in [5, 5.41) is 14.4. The van der Waals surface area contributed by atoms with E-state index in [1.165, 1.54) is 0 Å². The van der Waals surface area contributed by atoms with Crippen LogP contribution in [0.4, 0.5) is 11.5 Å². The minimum absolute atomic E-state index is 0.0400. The lowest BCUT2D eigenvalue weighted by atomic mass is 9.91. The molecule has 2 aromatic heterocycles. The zero-order chi connectivity index (χ0) is 21.1. The summed E-state index contributed by atoms with van der Waals surface area (Å²) < 4.78 is 4.71. The molecule has 3 aromatic rings. The smallest absolute Gasteiger partial charge is 0.224 e. The molecule has 0 bridgehead atoms. The molecule has 158 valence electrons. The number of pyridine rings is 1. The zero-order valence-electron chi connectivity index (χ0n) is 17.7. The first kappa shape index (κ1) is 20.1. The number of hydrogen-bond donors (Lipinski definition) is 2. The molecule has 1 aromatic carbocycles. The summed E-state index contributed by atoms with van der Waals surface area (Å²) in [6.45, 7) is 2.02. The molecule has 4 rings (SSSR count). The molecule has 2 N–H and O–H groups in total. The fourth-order valence-corrected chi connectivity index (χ4v) is 3.98. The van der Waals surface area contributed by atoms with Crippen molar-refractivity contribution < 1.29 is 9.42 Å². The van der Waals surface area contributed by atoms with E-state index in [4.69, 9.17) is 4.63 Å². The molecular formula is C22H28N6O2. The summed E-state index contributed by atoms with van der Waals surface area (Å²) >= 11 is 0. The predicted molar refractivity (Wildman–Crippen MR) is 117 cm³/mol. The number of carbonyl (C=O) groups is 1. The first-order valence-electron chi connectivity index (χ1n) is 10.4. The zero-order valence-corrected chi connectivity index (χ0v) is 17.7. The van der Waals surface area contributed by atoms with Gasteiger partial charge in [0.25, 0.3) is 0 Å². The largest absolute Gasteiger partial charge is 0.377 e. The van der Waals surface area contributed by atoms with E-state index in [9.17, 15) is 4.79 Å².